The highest BCUT2D eigenvalue weighted by Gasteiger charge is 2.34. The average Bonchev–Trinajstić information content (AvgIpc) is 3.13. The topological polar surface area (TPSA) is 92.8 Å². The number of methoxy groups -OCH3 is 1. The van der Waals surface area contributed by atoms with Crippen molar-refractivity contribution in [1.82, 2.24) is 4.90 Å². The summed E-state index contributed by atoms with van der Waals surface area (Å²) >= 11 is 0. The maximum absolute atomic E-state index is 13.5. The molecule has 0 atom stereocenters. The van der Waals surface area contributed by atoms with Crippen LogP contribution < -0.4 is 5.32 Å². The number of nitrogens with zero attached hydrogens (tertiary/aromatic N) is 1. The van der Waals surface area contributed by atoms with Crippen LogP contribution in [-0.2, 0) is 19.4 Å². The number of hydrogen-bond acceptors (Lipinski definition) is 6. The van der Waals surface area contributed by atoms with Crippen molar-refractivity contribution >= 4 is 27.4 Å². The van der Waals surface area contributed by atoms with Crippen molar-refractivity contribution in [3.05, 3.63) is 82.5 Å². The van der Waals surface area contributed by atoms with Crippen LogP contribution in [-0.4, -0.2) is 38.8 Å². The van der Waals surface area contributed by atoms with Crippen molar-refractivity contribution in [3.8, 4) is 0 Å². The molecule has 1 aliphatic heterocycles. The summed E-state index contributed by atoms with van der Waals surface area (Å²) in [6, 6.07) is 14.0. The van der Waals surface area contributed by atoms with Gasteiger partial charge in [-0.3, -0.25) is 4.79 Å². The Morgan fingerprint density at radius 3 is 2.45 bits per heavy atom. The summed E-state index contributed by atoms with van der Waals surface area (Å²) in [5.74, 6) is -1.32. The molecule has 0 spiro atoms. The van der Waals surface area contributed by atoms with E-state index in [4.69, 9.17) is 4.74 Å². The molecule has 0 saturated heterocycles. The lowest BCUT2D eigenvalue weighted by Gasteiger charge is -2.23. The Morgan fingerprint density at radius 1 is 1.10 bits per heavy atom. The maximum atomic E-state index is 13.5. The smallest absolute Gasteiger partial charge is 0.337 e. The molecule has 8 heteroatoms. The van der Waals surface area contributed by atoms with Gasteiger partial charge in [-0.25, -0.2) is 13.2 Å². The van der Waals surface area contributed by atoms with E-state index in [0.29, 0.717) is 24.4 Å². The third-order valence-corrected chi connectivity index (χ3v) is 6.84. The number of rotatable bonds is 6. The van der Waals surface area contributed by atoms with Gasteiger partial charge >= 0.3 is 5.97 Å². The largest absolute Gasteiger partial charge is 0.465 e. The van der Waals surface area contributed by atoms with Crippen molar-refractivity contribution in [3.63, 3.8) is 0 Å². The van der Waals surface area contributed by atoms with Gasteiger partial charge in [-0.1, -0.05) is 30.3 Å². The Hall–Kier alpha value is -3.39. The molecule has 0 bridgehead atoms. The van der Waals surface area contributed by atoms with Crippen LogP contribution in [0.3, 0.4) is 0 Å². The van der Waals surface area contributed by atoms with Gasteiger partial charge in [-0.05, 0) is 44.2 Å². The molecule has 7 nitrogen and oxygen atoms in total. The highest BCUT2D eigenvalue weighted by molar-refractivity contribution is 7.96. The Labute approximate surface area is 181 Å². The van der Waals surface area contributed by atoms with Gasteiger partial charge in [0.2, 0.25) is 9.84 Å². The normalized spacial score (nSPS) is 15.3. The monoisotopic (exact) mass is 440 g/mol. The Morgan fingerprint density at radius 2 is 1.81 bits per heavy atom. The summed E-state index contributed by atoms with van der Waals surface area (Å²) in [7, 11) is -2.84. The second-order valence-electron chi connectivity index (χ2n) is 6.91. The van der Waals surface area contributed by atoms with E-state index in [9.17, 15) is 18.0 Å². The number of sulfone groups is 1. The number of carbonyl (C=O) groups is 2. The second kappa shape index (κ2) is 9.18. The van der Waals surface area contributed by atoms with Crippen LogP contribution in [0.1, 0.15) is 30.6 Å². The molecule has 1 N–H and O–H groups in total. The standard InChI is InChI=1S/C23H24N2O5S/c1-4-25-16(2)13-14-20(25)21(31(28,29)19-11-6-5-7-12-19)22(26)24-18-10-8-9-17(15-18)23(27)30-3/h5-13,15H,4,14H2,1-3H3,(H,24,26)/b21-20+. The first kappa shape index (κ1) is 22.3. The summed E-state index contributed by atoms with van der Waals surface area (Å²) < 4.78 is 31.7. The van der Waals surface area contributed by atoms with Gasteiger partial charge in [-0.15, -0.1) is 0 Å². The second-order valence-corrected chi connectivity index (χ2v) is 8.80. The lowest BCUT2D eigenvalue weighted by molar-refractivity contribution is -0.112. The lowest BCUT2D eigenvalue weighted by atomic mass is 10.2. The number of nitrogens with one attached hydrogen (secondary N) is 1. The zero-order chi connectivity index (χ0) is 22.6. The van der Waals surface area contributed by atoms with Crippen molar-refractivity contribution in [2.24, 2.45) is 0 Å². The third kappa shape index (κ3) is 4.54. The van der Waals surface area contributed by atoms with Crippen LogP contribution in [0.4, 0.5) is 5.69 Å². The number of carbonyl (C=O) groups excluding carboxylic acids is 2. The number of ether oxygens (including phenoxy) is 1. The highest BCUT2D eigenvalue weighted by Crippen LogP contribution is 2.33. The lowest BCUT2D eigenvalue weighted by Crippen LogP contribution is -2.28. The summed E-state index contributed by atoms with van der Waals surface area (Å²) in [6.07, 6.45) is 2.22. The molecular formula is C23H24N2O5S. The number of benzene rings is 2. The predicted octanol–water partition coefficient (Wildman–Crippen LogP) is 3.73. The van der Waals surface area contributed by atoms with Gasteiger partial charge in [0.25, 0.3) is 5.91 Å². The molecule has 0 fully saturated rings. The molecule has 2 aromatic carbocycles. The quantitative estimate of drug-likeness (QED) is 0.544. The van der Waals surface area contributed by atoms with Crippen molar-refractivity contribution < 1.29 is 22.7 Å². The van der Waals surface area contributed by atoms with Crippen LogP contribution in [0.25, 0.3) is 0 Å². The van der Waals surface area contributed by atoms with Gasteiger partial charge in [0, 0.05) is 30.0 Å². The first-order valence-corrected chi connectivity index (χ1v) is 11.2. The molecule has 0 aromatic heterocycles. The van der Waals surface area contributed by atoms with E-state index in [1.54, 1.807) is 36.4 Å². The maximum Gasteiger partial charge on any atom is 0.337 e. The fourth-order valence-corrected chi connectivity index (χ4v) is 5.04. The molecule has 162 valence electrons. The number of esters is 1. The molecular weight excluding hydrogens is 416 g/mol. The fourth-order valence-electron chi connectivity index (χ4n) is 3.49. The molecule has 31 heavy (non-hydrogen) atoms. The summed E-state index contributed by atoms with van der Waals surface area (Å²) in [5, 5.41) is 2.64. The van der Waals surface area contributed by atoms with Crippen LogP contribution in [0, 0.1) is 0 Å². The number of amides is 1. The number of hydrogen-bond donors (Lipinski definition) is 1. The highest BCUT2D eigenvalue weighted by atomic mass is 32.2. The first-order valence-electron chi connectivity index (χ1n) is 9.77. The van der Waals surface area contributed by atoms with Gasteiger partial charge < -0.3 is 15.0 Å². The van der Waals surface area contributed by atoms with E-state index in [-0.39, 0.29) is 15.4 Å². The van der Waals surface area contributed by atoms with Crippen molar-refractivity contribution in [1.29, 1.82) is 0 Å². The third-order valence-electron chi connectivity index (χ3n) is 4.99. The number of anilines is 1. The van der Waals surface area contributed by atoms with Crippen LogP contribution >= 0.6 is 0 Å². The zero-order valence-corrected chi connectivity index (χ0v) is 18.4. The summed E-state index contributed by atoms with van der Waals surface area (Å²) in [6.45, 7) is 4.30. The number of allylic oxidation sites excluding steroid dienone is 2. The molecule has 1 amide bonds. The van der Waals surface area contributed by atoms with Crippen LogP contribution in [0.5, 0.6) is 0 Å². The van der Waals surface area contributed by atoms with Crippen molar-refractivity contribution in [2.45, 2.75) is 25.2 Å². The molecule has 2 aromatic rings. The minimum absolute atomic E-state index is 0.0385. The van der Waals surface area contributed by atoms with E-state index in [1.807, 2.05) is 24.8 Å². The first-order chi connectivity index (χ1) is 14.8. The molecule has 0 aliphatic carbocycles. The van der Waals surface area contributed by atoms with Gasteiger partial charge in [0.1, 0.15) is 0 Å². The Bertz CT molecular complexity index is 1170. The molecule has 0 unspecified atom stereocenters. The fraction of sp³-hybridized carbons (Fsp3) is 0.217. The van der Waals surface area contributed by atoms with E-state index in [1.165, 1.54) is 25.3 Å². The van der Waals surface area contributed by atoms with Gasteiger partial charge in [-0.2, -0.15) is 0 Å². The summed E-state index contributed by atoms with van der Waals surface area (Å²) in [5.41, 5.74) is 1.85. The molecule has 1 heterocycles. The van der Waals surface area contributed by atoms with Gasteiger partial charge in [0.05, 0.1) is 17.6 Å². The Kier molecular flexibility index (Phi) is 6.60. The predicted molar refractivity (Wildman–Crippen MR) is 118 cm³/mol. The minimum atomic E-state index is -4.10. The molecule has 3 rings (SSSR count). The van der Waals surface area contributed by atoms with Gasteiger partial charge in [0.15, 0.2) is 4.91 Å². The molecule has 1 aliphatic rings. The molecule has 0 saturated carbocycles. The Balaban J connectivity index is 2.08. The zero-order valence-electron chi connectivity index (χ0n) is 17.6. The SMILES string of the molecule is CCN1C(C)=CC/C1=C(/C(=O)Nc1cccc(C(=O)OC)c1)S(=O)(=O)c1ccccc1. The average molecular weight is 441 g/mol. The van der Waals surface area contributed by atoms with Crippen LogP contribution in [0.15, 0.2) is 81.9 Å². The minimum Gasteiger partial charge on any atom is -0.465 e. The van der Waals surface area contributed by atoms with E-state index in [0.717, 1.165) is 5.70 Å². The summed E-state index contributed by atoms with van der Waals surface area (Å²) in [4.78, 5) is 26.7. The van der Waals surface area contributed by atoms with E-state index in [2.05, 4.69) is 5.32 Å². The van der Waals surface area contributed by atoms with E-state index < -0.39 is 21.7 Å². The van der Waals surface area contributed by atoms with Crippen LogP contribution in [0.2, 0.25) is 0 Å². The van der Waals surface area contributed by atoms with E-state index >= 15 is 0 Å². The molecule has 0 radical (unpaired) electrons. The van der Waals surface area contributed by atoms with Crippen molar-refractivity contribution in [2.75, 3.05) is 19.0 Å².